The molecule has 0 saturated carbocycles. The molecule has 0 bridgehead atoms. The number of amides is 1. The van der Waals surface area contributed by atoms with Crippen molar-refractivity contribution in [2.24, 2.45) is 0 Å². The molecule has 1 aromatic carbocycles. The Morgan fingerprint density at radius 2 is 2.08 bits per heavy atom. The molecule has 2 heterocycles. The van der Waals surface area contributed by atoms with E-state index in [4.69, 9.17) is 14.2 Å². The Kier molecular flexibility index (Phi) is 5.18. The van der Waals surface area contributed by atoms with E-state index in [1.807, 2.05) is 19.1 Å². The van der Waals surface area contributed by atoms with Gasteiger partial charge in [0.1, 0.15) is 0 Å². The zero-order valence-corrected chi connectivity index (χ0v) is 14.9. The van der Waals surface area contributed by atoms with Crippen LogP contribution in [0.4, 0.5) is 0 Å². The molecule has 1 aliphatic heterocycles. The van der Waals surface area contributed by atoms with Crippen LogP contribution in [0.2, 0.25) is 0 Å². The molecule has 3 rings (SSSR count). The fourth-order valence-electron chi connectivity index (χ4n) is 2.29. The van der Waals surface area contributed by atoms with Crippen LogP contribution in [0.15, 0.2) is 41.1 Å². The Morgan fingerprint density at radius 1 is 1.28 bits per heavy atom. The van der Waals surface area contributed by atoms with Gasteiger partial charge in [-0.05, 0) is 46.6 Å². The predicted octanol–water partition coefficient (Wildman–Crippen LogP) is 2.61. The summed E-state index contributed by atoms with van der Waals surface area (Å²) in [6.45, 7) is 1.65. The van der Waals surface area contributed by atoms with E-state index in [9.17, 15) is 9.59 Å². The quantitative estimate of drug-likeness (QED) is 0.767. The number of pyridine rings is 1. The van der Waals surface area contributed by atoms with E-state index in [1.165, 1.54) is 6.20 Å². The molecule has 0 unspecified atom stereocenters. The molecule has 130 valence electrons. The molecule has 8 heteroatoms. The van der Waals surface area contributed by atoms with Gasteiger partial charge in [0.2, 0.25) is 6.79 Å². The van der Waals surface area contributed by atoms with Crippen LogP contribution in [0.5, 0.6) is 11.5 Å². The van der Waals surface area contributed by atoms with Gasteiger partial charge in [-0.2, -0.15) is 0 Å². The standard InChI is InChI=1S/C17H15BrN2O5/c1-10(11-2-3-14-15(5-11)25-9-24-14)20-16(21)8-23-17(22)12-4-13(18)7-19-6-12/h2-7,10H,8-9H2,1H3,(H,20,21)/t10-/m0/s1. The molecule has 0 aliphatic carbocycles. The van der Waals surface area contributed by atoms with Crippen LogP contribution >= 0.6 is 15.9 Å². The average molecular weight is 407 g/mol. The van der Waals surface area contributed by atoms with Gasteiger partial charge in [-0.3, -0.25) is 9.78 Å². The number of nitrogens with one attached hydrogen (secondary N) is 1. The molecule has 0 radical (unpaired) electrons. The number of esters is 1. The summed E-state index contributed by atoms with van der Waals surface area (Å²) in [5.74, 6) is 0.312. The molecule has 0 spiro atoms. The number of hydrogen-bond donors (Lipinski definition) is 1. The highest BCUT2D eigenvalue weighted by molar-refractivity contribution is 9.10. The normalized spacial score (nSPS) is 13.2. The Morgan fingerprint density at radius 3 is 2.88 bits per heavy atom. The lowest BCUT2D eigenvalue weighted by Gasteiger charge is -2.15. The van der Waals surface area contributed by atoms with Gasteiger partial charge in [0, 0.05) is 16.9 Å². The molecule has 1 aromatic heterocycles. The third kappa shape index (κ3) is 4.27. The maximum Gasteiger partial charge on any atom is 0.340 e. The smallest absolute Gasteiger partial charge is 0.340 e. The Bertz CT molecular complexity index is 811. The van der Waals surface area contributed by atoms with Crippen LogP contribution in [-0.2, 0) is 9.53 Å². The number of aromatic nitrogens is 1. The van der Waals surface area contributed by atoms with E-state index < -0.39 is 11.9 Å². The van der Waals surface area contributed by atoms with Crippen LogP contribution in [0.3, 0.4) is 0 Å². The lowest BCUT2D eigenvalue weighted by atomic mass is 10.1. The van der Waals surface area contributed by atoms with Gasteiger partial charge in [-0.1, -0.05) is 6.07 Å². The van der Waals surface area contributed by atoms with E-state index in [2.05, 4.69) is 26.2 Å². The maximum atomic E-state index is 12.0. The van der Waals surface area contributed by atoms with Gasteiger partial charge in [-0.25, -0.2) is 4.79 Å². The van der Waals surface area contributed by atoms with Gasteiger partial charge in [0.05, 0.1) is 11.6 Å². The molecule has 25 heavy (non-hydrogen) atoms. The minimum absolute atomic E-state index is 0.194. The molecule has 7 nitrogen and oxygen atoms in total. The van der Waals surface area contributed by atoms with E-state index in [1.54, 1.807) is 18.3 Å². The van der Waals surface area contributed by atoms with Gasteiger partial charge in [0.15, 0.2) is 18.1 Å². The first kappa shape index (κ1) is 17.2. The summed E-state index contributed by atoms with van der Waals surface area (Å²) in [5.41, 5.74) is 1.13. The van der Waals surface area contributed by atoms with Crippen LogP contribution in [0.25, 0.3) is 0 Å². The molecule has 0 saturated heterocycles. The van der Waals surface area contributed by atoms with E-state index in [-0.39, 0.29) is 25.0 Å². The number of ether oxygens (including phenoxy) is 3. The molecule has 1 N–H and O–H groups in total. The van der Waals surface area contributed by atoms with Crippen LogP contribution in [0.1, 0.15) is 28.9 Å². The summed E-state index contributed by atoms with van der Waals surface area (Å²) >= 11 is 3.22. The molecule has 1 amide bonds. The van der Waals surface area contributed by atoms with Gasteiger partial charge >= 0.3 is 5.97 Å². The highest BCUT2D eigenvalue weighted by atomic mass is 79.9. The third-order valence-corrected chi connectivity index (χ3v) is 3.98. The first-order valence-electron chi connectivity index (χ1n) is 7.49. The Balaban J connectivity index is 1.53. The predicted molar refractivity (Wildman–Crippen MR) is 91.3 cm³/mol. The average Bonchev–Trinajstić information content (AvgIpc) is 3.07. The van der Waals surface area contributed by atoms with E-state index in [0.717, 1.165) is 5.56 Å². The van der Waals surface area contributed by atoms with Crippen molar-refractivity contribution < 1.29 is 23.8 Å². The lowest BCUT2D eigenvalue weighted by Crippen LogP contribution is -2.31. The fourth-order valence-corrected chi connectivity index (χ4v) is 2.65. The molecule has 2 aromatic rings. The second-order valence-corrected chi connectivity index (χ2v) is 6.29. The molecule has 1 aliphatic rings. The monoisotopic (exact) mass is 406 g/mol. The summed E-state index contributed by atoms with van der Waals surface area (Å²) in [6.07, 6.45) is 2.93. The number of halogens is 1. The van der Waals surface area contributed by atoms with Gasteiger partial charge in [-0.15, -0.1) is 0 Å². The fraction of sp³-hybridized carbons (Fsp3) is 0.235. The second-order valence-electron chi connectivity index (χ2n) is 5.37. The van der Waals surface area contributed by atoms with Crippen molar-refractivity contribution in [3.63, 3.8) is 0 Å². The van der Waals surface area contributed by atoms with Crippen molar-refractivity contribution in [1.29, 1.82) is 0 Å². The SMILES string of the molecule is C[C@H](NC(=O)COC(=O)c1cncc(Br)c1)c1ccc2c(c1)OCO2. The second kappa shape index (κ2) is 7.52. The molecule has 1 atom stereocenters. The number of carbonyl (C=O) groups is 2. The molecular formula is C17H15BrN2O5. The van der Waals surface area contributed by atoms with Crippen molar-refractivity contribution in [1.82, 2.24) is 10.3 Å². The largest absolute Gasteiger partial charge is 0.454 e. The zero-order valence-electron chi connectivity index (χ0n) is 13.3. The van der Waals surface area contributed by atoms with Crippen molar-refractivity contribution in [2.75, 3.05) is 13.4 Å². The number of fused-ring (bicyclic) bond motifs is 1. The minimum atomic E-state index is -0.611. The Hall–Kier alpha value is -2.61. The number of carbonyl (C=O) groups excluding carboxylic acids is 2. The molecular weight excluding hydrogens is 392 g/mol. The summed E-state index contributed by atoms with van der Waals surface area (Å²) in [6, 6.07) is 6.75. The van der Waals surface area contributed by atoms with Crippen molar-refractivity contribution in [2.45, 2.75) is 13.0 Å². The summed E-state index contributed by atoms with van der Waals surface area (Å²) < 4.78 is 16.2. The van der Waals surface area contributed by atoms with Crippen LogP contribution in [-0.4, -0.2) is 30.3 Å². The summed E-state index contributed by atoms with van der Waals surface area (Å²) in [4.78, 5) is 27.8. The topological polar surface area (TPSA) is 86.8 Å². The van der Waals surface area contributed by atoms with E-state index >= 15 is 0 Å². The highest BCUT2D eigenvalue weighted by Crippen LogP contribution is 2.34. The first-order valence-corrected chi connectivity index (χ1v) is 8.29. The summed E-state index contributed by atoms with van der Waals surface area (Å²) in [7, 11) is 0. The third-order valence-electron chi connectivity index (χ3n) is 3.55. The number of hydrogen-bond acceptors (Lipinski definition) is 6. The Labute approximate surface area is 152 Å². The van der Waals surface area contributed by atoms with Crippen LogP contribution in [0, 0.1) is 0 Å². The van der Waals surface area contributed by atoms with Crippen LogP contribution < -0.4 is 14.8 Å². The zero-order chi connectivity index (χ0) is 17.8. The number of rotatable bonds is 5. The lowest BCUT2D eigenvalue weighted by molar-refractivity contribution is -0.124. The number of nitrogens with zero attached hydrogens (tertiary/aromatic N) is 1. The van der Waals surface area contributed by atoms with Gasteiger partial charge < -0.3 is 19.5 Å². The van der Waals surface area contributed by atoms with Crippen molar-refractivity contribution >= 4 is 27.8 Å². The van der Waals surface area contributed by atoms with Crippen molar-refractivity contribution in [3.05, 3.63) is 52.3 Å². The minimum Gasteiger partial charge on any atom is -0.454 e. The van der Waals surface area contributed by atoms with E-state index in [0.29, 0.717) is 16.0 Å². The molecule has 0 fully saturated rings. The van der Waals surface area contributed by atoms with Gasteiger partial charge in [0.25, 0.3) is 5.91 Å². The maximum absolute atomic E-state index is 12.0. The highest BCUT2D eigenvalue weighted by Gasteiger charge is 2.17. The first-order chi connectivity index (χ1) is 12.0. The number of benzene rings is 1. The summed E-state index contributed by atoms with van der Waals surface area (Å²) in [5, 5.41) is 2.77. The van der Waals surface area contributed by atoms with Crippen molar-refractivity contribution in [3.8, 4) is 11.5 Å².